The van der Waals surface area contributed by atoms with Crippen molar-refractivity contribution in [2.24, 2.45) is 5.73 Å². The van der Waals surface area contributed by atoms with Crippen molar-refractivity contribution in [3.05, 3.63) is 82.6 Å². The molecule has 5 heteroatoms. The number of nitrogens with two attached hydrogens (primary N) is 1. The van der Waals surface area contributed by atoms with E-state index in [1.807, 2.05) is 28.8 Å². The third-order valence-electron chi connectivity index (χ3n) is 4.35. The van der Waals surface area contributed by atoms with E-state index in [1.54, 1.807) is 24.3 Å². The Morgan fingerprint density at radius 1 is 1.08 bits per heavy atom. The van der Waals surface area contributed by atoms with Crippen LogP contribution in [0.25, 0.3) is 21.8 Å². The number of carbonyl (C=O) groups excluding carboxylic acids is 1. The van der Waals surface area contributed by atoms with Gasteiger partial charge < -0.3 is 10.3 Å². The molecule has 3 aromatic carbocycles. The molecular formula is C20H14ClFN2O. The van der Waals surface area contributed by atoms with E-state index < -0.39 is 5.91 Å². The molecule has 0 aliphatic rings. The number of aromatic nitrogens is 1. The fraction of sp³-hybridized carbons (Fsp3) is 0.0500. The second-order valence-corrected chi connectivity index (χ2v) is 6.32. The summed E-state index contributed by atoms with van der Waals surface area (Å²) in [6, 6.07) is 17.4. The number of amides is 1. The molecule has 0 unspecified atom stereocenters. The number of fused-ring (bicyclic) bond motifs is 3. The van der Waals surface area contributed by atoms with E-state index in [0.29, 0.717) is 17.1 Å². The molecule has 4 rings (SSSR count). The van der Waals surface area contributed by atoms with Crippen LogP contribution in [0.4, 0.5) is 4.39 Å². The normalized spacial score (nSPS) is 11.3. The summed E-state index contributed by atoms with van der Waals surface area (Å²) in [6.45, 7) is 0.434. The van der Waals surface area contributed by atoms with Crippen molar-refractivity contribution in [1.82, 2.24) is 4.57 Å². The minimum Gasteiger partial charge on any atom is -0.366 e. The monoisotopic (exact) mass is 352 g/mol. The molecule has 0 spiro atoms. The molecule has 0 radical (unpaired) electrons. The molecule has 124 valence electrons. The Hall–Kier alpha value is -2.85. The van der Waals surface area contributed by atoms with Crippen LogP contribution in [0.3, 0.4) is 0 Å². The maximum atomic E-state index is 13.6. The zero-order chi connectivity index (χ0) is 17.6. The van der Waals surface area contributed by atoms with E-state index in [0.717, 1.165) is 27.4 Å². The van der Waals surface area contributed by atoms with Gasteiger partial charge in [-0.1, -0.05) is 41.9 Å². The number of primary amides is 1. The predicted molar refractivity (Wildman–Crippen MR) is 98.5 cm³/mol. The largest absolute Gasteiger partial charge is 0.366 e. The molecule has 0 saturated heterocycles. The lowest BCUT2D eigenvalue weighted by atomic mass is 10.1. The minimum absolute atomic E-state index is 0.290. The van der Waals surface area contributed by atoms with Gasteiger partial charge in [0.05, 0.1) is 16.1 Å². The summed E-state index contributed by atoms with van der Waals surface area (Å²) < 4.78 is 15.6. The first kappa shape index (κ1) is 15.7. The van der Waals surface area contributed by atoms with Crippen molar-refractivity contribution in [3.8, 4) is 0 Å². The summed E-state index contributed by atoms with van der Waals surface area (Å²) in [6.07, 6.45) is 0. The maximum Gasteiger partial charge on any atom is 0.249 e. The zero-order valence-electron chi connectivity index (χ0n) is 13.2. The first-order valence-electron chi connectivity index (χ1n) is 7.80. The number of rotatable bonds is 3. The zero-order valence-corrected chi connectivity index (χ0v) is 13.9. The third-order valence-corrected chi connectivity index (χ3v) is 4.66. The first-order valence-corrected chi connectivity index (χ1v) is 8.18. The molecule has 1 aromatic heterocycles. The van der Waals surface area contributed by atoms with Gasteiger partial charge in [0.2, 0.25) is 5.91 Å². The van der Waals surface area contributed by atoms with E-state index >= 15 is 0 Å². The average Bonchev–Trinajstić information content (AvgIpc) is 2.90. The van der Waals surface area contributed by atoms with Crippen LogP contribution in [0.1, 0.15) is 15.9 Å². The van der Waals surface area contributed by atoms with Crippen molar-refractivity contribution in [3.63, 3.8) is 0 Å². The van der Waals surface area contributed by atoms with Crippen molar-refractivity contribution in [2.45, 2.75) is 6.54 Å². The van der Waals surface area contributed by atoms with Crippen LogP contribution in [-0.4, -0.2) is 10.5 Å². The molecule has 0 fully saturated rings. The second-order valence-electron chi connectivity index (χ2n) is 5.92. The number of carbonyl (C=O) groups is 1. The van der Waals surface area contributed by atoms with Crippen molar-refractivity contribution in [1.29, 1.82) is 0 Å². The Balaban J connectivity index is 2.08. The van der Waals surface area contributed by atoms with Crippen LogP contribution in [0.2, 0.25) is 5.02 Å². The third kappa shape index (κ3) is 2.55. The second kappa shape index (κ2) is 5.90. The highest BCUT2D eigenvalue weighted by Gasteiger charge is 2.18. The van der Waals surface area contributed by atoms with E-state index in [-0.39, 0.29) is 5.82 Å². The van der Waals surface area contributed by atoms with E-state index in [4.69, 9.17) is 17.3 Å². The van der Waals surface area contributed by atoms with Gasteiger partial charge in [0.25, 0.3) is 0 Å². The highest BCUT2D eigenvalue weighted by atomic mass is 35.5. The highest BCUT2D eigenvalue weighted by molar-refractivity contribution is 6.37. The molecule has 0 bridgehead atoms. The van der Waals surface area contributed by atoms with Crippen LogP contribution in [-0.2, 0) is 6.54 Å². The lowest BCUT2D eigenvalue weighted by Gasteiger charge is -2.09. The standard InChI is InChI=1S/C20H14ClFN2O/c21-16-8-2-6-14-18-15(20(23)25)7-3-9-17(18)24(19(14)16)11-12-4-1-5-13(22)10-12/h1-10H,11H2,(H2,23,25). The highest BCUT2D eigenvalue weighted by Crippen LogP contribution is 2.35. The van der Waals surface area contributed by atoms with Gasteiger partial charge in [-0.05, 0) is 35.9 Å². The van der Waals surface area contributed by atoms with Gasteiger partial charge >= 0.3 is 0 Å². The number of hydrogen-bond acceptors (Lipinski definition) is 1. The van der Waals surface area contributed by atoms with Crippen LogP contribution in [0, 0.1) is 5.82 Å². The summed E-state index contributed by atoms with van der Waals surface area (Å²) in [5.74, 6) is -0.780. The molecule has 1 heterocycles. The van der Waals surface area contributed by atoms with Crippen LogP contribution < -0.4 is 5.73 Å². The fourth-order valence-electron chi connectivity index (χ4n) is 3.35. The Labute approximate surface area is 148 Å². The van der Waals surface area contributed by atoms with Gasteiger partial charge in [0.15, 0.2) is 0 Å². The molecule has 0 aliphatic heterocycles. The molecule has 0 saturated carbocycles. The smallest absolute Gasteiger partial charge is 0.249 e. The fourth-order valence-corrected chi connectivity index (χ4v) is 3.62. The molecule has 3 nitrogen and oxygen atoms in total. The van der Waals surface area contributed by atoms with E-state index in [1.165, 1.54) is 12.1 Å². The number of para-hydroxylation sites is 1. The molecule has 0 aliphatic carbocycles. The van der Waals surface area contributed by atoms with Gasteiger partial charge in [0.1, 0.15) is 5.82 Å². The Kier molecular flexibility index (Phi) is 3.70. The van der Waals surface area contributed by atoms with E-state index in [9.17, 15) is 9.18 Å². The quantitative estimate of drug-likeness (QED) is 0.569. The number of benzene rings is 3. The number of hydrogen-bond donors (Lipinski definition) is 1. The Morgan fingerprint density at radius 2 is 1.84 bits per heavy atom. The topological polar surface area (TPSA) is 48.0 Å². The van der Waals surface area contributed by atoms with Crippen molar-refractivity contribution in [2.75, 3.05) is 0 Å². The SMILES string of the molecule is NC(=O)c1cccc2c1c1cccc(Cl)c1n2Cc1cccc(F)c1. The van der Waals surface area contributed by atoms with Crippen LogP contribution >= 0.6 is 11.6 Å². The molecule has 25 heavy (non-hydrogen) atoms. The van der Waals surface area contributed by atoms with Crippen LogP contribution in [0.5, 0.6) is 0 Å². The van der Waals surface area contributed by atoms with E-state index in [2.05, 4.69) is 0 Å². The first-order chi connectivity index (χ1) is 12.1. The van der Waals surface area contributed by atoms with Crippen molar-refractivity contribution >= 4 is 39.3 Å². The number of nitrogens with zero attached hydrogens (tertiary/aromatic N) is 1. The minimum atomic E-state index is -0.490. The molecular weight excluding hydrogens is 339 g/mol. The lowest BCUT2D eigenvalue weighted by Crippen LogP contribution is -2.11. The molecule has 2 N–H and O–H groups in total. The Bertz CT molecular complexity index is 1130. The van der Waals surface area contributed by atoms with Gasteiger partial charge in [-0.3, -0.25) is 4.79 Å². The molecule has 0 atom stereocenters. The summed E-state index contributed by atoms with van der Waals surface area (Å²) in [5.41, 5.74) is 8.45. The Morgan fingerprint density at radius 3 is 2.60 bits per heavy atom. The van der Waals surface area contributed by atoms with Gasteiger partial charge in [-0.2, -0.15) is 0 Å². The van der Waals surface area contributed by atoms with Gasteiger partial charge in [0, 0.05) is 22.9 Å². The van der Waals surface area contributed by atoms with Gasteiger partial charge in [-0.25, -0.2) is 4.39 Å². The summed E-state index contributed by atoms with van der Waals surface area (Å²) in [7, 11) is 0. The molecule has 1 amide bonds. The summed E-state index contributed by atoms with van der Waals surface area (Å²) in [5, 5.41) is 2.19. The van der Waals surface area contributed by atoms with Crippen molar-refractivity contribution < 1.29 is 9.18 Å². The average molecular weight is 353 g/mol. The number of halogens is 2. The summed E-state index contributed by atoms with van der Waals surface area (Å²) in [4.78, 5) is 11.9. The predicted octanol–water partition coefficient (Wildman–Crippen LogP) is 4.73. The molecule has 4 aromatic rings. The van der Waals surface area contributed by atoms with Crippen LogP contribution in [0.15, 0.2) is 60.7 Å². The summed E-state index contributed by atoms with van der Waals surface area (Å²) >= 11 is 6.45. The van der Waals surface area contributed by atoms with Gasteiger partial charge in [-0.15, -0.1) is 0 Å². The lowest BCUT2D eigenvalue weighted by molar-refractivity contribution is 0.100. The maximum absolute atomic E-state index is 13.6.